The zero-order chi connectivity index (χ0) is 19.5. The summed E-state index contributed by atoms with van der Waals surface area (Å²) in [5, 5.41) is 6.19. The van der Waals surface area contributed by atoms with Gasteiger partial charge in [0.2, 0.25) is 0 Å². The first-order chi connectivity index (χ1) is 13.6. The second-order valence-corrected chi connectivity index (χ2v) is 7.64. The van der Waals surface area contributed by atoms with E-state index in [2.05, 4.69) is 15.6 Å². The van der Waals surface area contributed by atoms with Crippen LogP contribution in [0, 0.1) is 12.8 Å². The molecule has 148 valence electrons. The zero-order valence-corrected chi connectivity index (χ0v) is 16.1. The van der Waals surface area contributed by atoms with Gasteiger partial charge in [0, 0.05) is 43.8 Å². The van der Waals surface area contributed by atoms with Crippen LogP contribution >= 0.6 is 0 Å². The largest absolute Gasteiger partial charge is 0.381 e. The van der Waals surface area contributed by atoms with E-state index >= 15 is 0 Å². The number of carbonyl (C=O) groups is 1. The van der Waals surface area contributed by atoms with E-state index in [9.17, 15) is 9.59 Å². The van der Waals surface area contributed by atoms with Crippen molar-refractivity contribution in [2.45, 2.75) is 38.6 Å². The van der Waals surface area contributed by atoms with Gasteiger partial charge in [0.15, 0.2) is 5.82 Å². The summed E-state index contributed by atoms with van der Waals surface area (Å²) in [5.74, 6) is 0.727. The molecule has 2 fully saturated rings. The summed E-state index contributed by atoms with van der Waals surface area (Å²) < 4.78 is 6.94. The maximum Gasteiger partial charge on any atom is 0.297 e. The second kappa shape index (κ2) is 8.14. The van der Waals surface area contributed by atoms with Crippen molar-refractivity contribution in [2.24, 2.45) is 5.92 Å². The van der Waals surface area contributed by atoms with E-state index in [0.29, 0.717) is 35.6 Å². The first-order valence-electron chi connectivity index (χ1n) is 9.93. The van der Waals surface area contributed by atoms with Crippen LogP contribution in [-0.4, -0.2) is 41.3 Å². The van der Waals surface area contributed by atoms with E-state index < -0.39 is 0 Å². The van der Waals surface area contributed by atoms with Crippen LogP contribution in [0.4, 0.5) is 5.82 Å². The summed E-state index contributed by atoms with van der Waals surface area (Å²) in [7, 11) is 0. The minimum Gasteiger partial charge on any atom is -0.381 e. The average molecular weight is 382 g/mol. The molecule has 1 aromatic carbocycles. The Morgan fingerprint density at radius 3 is 2.79 bits per heavy atom. The monoisotopic (exact) mass is 382 g/mol. The first kappa shape index (κ1) is 18.7. The predicted molar refractivity (Wildman–Crippen MR) is 107 cm³/mol. The van der Waals surface area contributed by atoms with Crippen LogP contribution in [0.1, 0.15) is 41.6 Å². The third kappa shape index (κ3) is 4.25. The Bertz CT molecular complexity index is 914. The van der Waals surface area contributed by atoms with Gasteiger partial charge in [-0.2, -0.15) is 0 Å². The molecule has 0 unspecified atom stereocenters. The van der Waals surface area contributed by atoms with Gasteiger partial charge in [-0.1, -0.05) is 6.07 Å². The van der Waals surface area contributed by atoms with Crippen LogP contribution in [0.5, 0.6) is 0 Å². The van der Waals surface area contributed by atoms with E-state index in [0.717, 1.165) is 44.5 Å². The van der Waals surface area contributed by atoms with E-state index in [1.807, 2.05) is 13.0 Å². The quantitative estimate of drug-likeness (QED) is 0.801. The summed E-state index contributed by atoms with van der Waals surface area (Å²) in [4.78, 5) is 29.6. The van der Waals surface area contributed by atoms with Crippen molar-refractivity contribution in [3.63, 3.8) is 0 Å². The molecule has 2 aromatic rings. The van der Waals surface area contributed by atoms with Gasteiger partial charge in [-0.05, 0) is 56.2 Å². The van der Waals surface area contributed by atoms with Crippen LogP contribution in [-0.2, 0) is 4.74 Å². The van der Waals surface area contributed by atoms with Gasteiger partial charge in [0.05, 0.1) is 5.69 Å². The molecule has 0 atom stereocenters. The minimum absolute atomic E-state index is 0.0938. The number of carbonyl (C=O) groups excluding carboxylic acids is 1. The minimum atomic E-state index is -0.211. The molecule has 7 nitrogen and oxygen atoms in total. The fraction of sp³-hybridized carbons (Fsp3) is 0.476. The number of nitrogens with zero attached hydrogens (tertiary/aromatic N) is 2. The number of benzene rings is 1. The van der Waals surface area contributed by atoms with Gasteiger partial charge in [0.25, 0.3) is 11.5 Å². The van der Waals surface area contributed by atoms with Crippen molar-refractivity contribution in [3.8, 4) is 5.69 Å². The highest BCUT2D eigenvalue weighted by Crippen LogP contribution is 2.21. The normalized spacial score (nSPS) is 17.3. The molecule has 0 spiro atoms. The molecule has 2 N–H and O–H groups in total. The Hall–Kier alpha value is -2.67. The predicted octanol–water partition coefficient (Wildman–Crippen LogP) is 2.27. The molecule has 7 heteroatoms. The highest BCUT2D eigenvalue weighted by Gasteiger charge is 2.24. The lowest BCUT2D eigenvalue weighted by molar-refractivity contribution is 0.0699. The van der Waals surface area contributed by atoms with Crippen molar-refractivity contribution >= 4 is 11.7 Å². The van der Waals surface area contributed by atoms with Gasteiger partial charge in [-0.15, -0.1) is 0 Å². The maximum atomic E-state index is 13.0. The topological polar surface area (TPSA) is 85.2 Å². The summed E-state index contributed by atoms with van der Waals surface area (Å²) >= 11 is 0. The number of nitrogens with one attached hydrogen (secondary N) is 2. The number of aryl methyl sites for hydroxylation is 1. The number of hydrogen-bond acceptors (Lipinski definition) is 5. The number of aromatic nitrogens is 2. The van der Waals surface area contributed by atoms with Crippen LogP contribution < -0.4 is 16.2 Å². The highest BCUT2D eigenvalue weighted by molar-refractivity contribution is 5.95. The fourth-order valence-electron chi connectivity index (χ4n) is 3.42. The molecule has 1 saturated carbocycles. The lowest BCUT2D eigenvalue weighted by Gasteiger charge is -2.22. The Morgan fingerprint density at radius 2 is 2.04 bits per heavy atom. The van der Waals surface area contributed by atoms with Crippen molar-refractivity contribution < 1.29 is 9.53 Å². The van der Waals surface area contributed by atoms with Crippen molar-refractivity contribution in [1.29, 1.82) is 0 Å². The fourth-order valence-corrected chi connectivity index (χ4v) is 3.42. The second-order valence-electron chi connectivity index (χ2n) is 7.64. The van der Waals surface area contributed by atoms with Gasteiger partial charge in [-0.3, -0.25) is 14.2 Å². The molecule has 1 aliphatic carbocycles. The van der Waals surface area contributed by atoms with Crippen LogP contribution in [0.25, 0.3) is 5.69 Å². The van der Waals surface area contributed by atoms with Crippen molar-refractivity contribution in [2.75, 3.05) is 25.1 Å². The third-order valence-electron chi connectivity index (χ3n) is 5.38. The van der Waals surface area contributed by atoms with Gasteiger partial charge in [0.1, 0.15) is 0 Å². The molecule has 0 radical (unpaired) electrons. The lowest BCUT2D eigenvalue weighted by atomic mass is 10.0. The molecule has 1 aliphatic heterocycles. The molecule has 2 aliphatic rings. The Labute approximate surface area is 164 Å². The van der Waals surface area contributed by atoms with E-state index in [4.69, 9.17) is 4.74 Å². The maximum absolute atomic E-state index is 13.0. The molecule has 4 rings (SSSR count). The smallest absolute Gasteiger partial charge is 0.297 e. The number of anilines is 1. The van der Waals surface area contributed by atoms with Gasteiger partial charge < -0.3 is 15.4 Å². The Morgan fingerprint density at radius 1 is 1.25 bits per heavy atom. The molecule has 2 heterocycles. The number of hydrogen-bond donors (Lipinski definition) is 2. The number of rotatable bonds is 6. The van der Waals surface area contributed by atoms with Crippen LogP contribution in [0.15, 0.2) is 35.4 Å². The average Bonchev–Trinajstić information content (AvgIpc) is 3.52. The highest BCUT2D eigenvalue weighted by atomic mass is 16.5. The Kier molecular flexibility index (Phi) is 5.43. The third-order valence-corrected chi connectivity index (χ3v) is 5.38. The van der Waals surface area contributed by atoms with E-state index in [-0.39, 0.29) is 11.5 Å². The summed E-state index contributed by atoms with van der Waals surface area (Å²) in [6, 6.07) is 5.74. The molecule has 1 saturated heterocycles. The van der Waals surface area contributed by atoms with E-state index in [1.54, 1.807) is 29.1 Å². The first-order valence-corrected chi connectivity index (χ1v) is 9.93. The number of ether oxygens (including phenoxy) is 1. The SMILES string of the molecule is Cc1ccc(C(=O)NC2CC2)cc1-n1ccnc(NCC2CCOCC2)c1=O. The van der Waals surface area contributed by atoms with Crippen LogP contribution in [0.3, 0.4) is 0 Å². The molecule has 28 heavy (non-hydrogen) atoms. The van der Waals surface area contributed by atoms with Crippen molar-refractivity contribution in [3.05, 3.63) is 52.1 Å². The lowest BCUT2D eigenvalue weighted by Crippen LogP contribution is -2.28. The Balaban J connectivity index is 1.56. The number of amides is 1. The standard InChI is InChI=1S/C21H26N4O3/c1-14-2-3-16(20(26)24-17-4-5-17)12-18(14)25-9-8-22-19(21(25)27)23-13-15-6-10-28-11-7-15/h2-3,8-9,12,15,17H,4-7,10-11,13H2,1H3,(H,22,23)(H,24,26). The summed E-state index contributed by atoms with van der Waals surface area (Å²) in [6.07, 6.45) is 7.32. The molecular formula is C21H26N4O3. The molecule has 1 amide bonds. The van der Waals surface area contributed by atoms with Crippen molar-refractivity contribution in [1.82, 2.24) is 14.9 Å². The molecule has 1 aromatic heterocycles. The zero-order valence-electron chi connectivity index (χ0n) is 16.1. The van der Waals surface area contributed by atoms with E-state index in [1.165, 1.54) is 0 Å². The summed E-state index contributed by atoms with van der Waals surface area (Å²) in [6.45, 7) is 4.18. The molecule has 0 bridgehead atoms. The van der Waals surface area contributed by atoms with Crippen LogP contribution in [0.2, 0.25) is 0 Å². The van der Waals surface area contributed by atoms with Gasteiger partial charge in [-0.25, -0.2) is 4.98 Å². The molecular weight excluding hydrogens is 356 g/mol. The summed E-state index contributed by atoms with van der Waals surface area (Å²) in [5.41, 5.74) is 1.97. The van der Waals surface area contributed by atoms with Gasteiger partial charge >= 0.3 is 0 Å².